The number of fused-ring (bicyclic) bond motifs is 1. The summed E-state index contributed by atoms with van der Waals surface area (Å²) in [7, 11) is 0. The van der Waals surface area contributed by atoms with E-state index in [0.29, 0.717) is 12.3 Å². The summed E-state index contributed by atoms with van der Waals surface area (Å²) in [4.78, 5) is 32.2. The van der Waals surface area contributed by atoms with E-state index in [1.54, 1.807) is 6.33 Å². The quantitative estimate of drug-likeness (QED) is 0.851. The Kier molecular flexibility index (Phi) is 4.63. The van der Waals surface area contributed by atoms with Crippen molar-refractivity contribution in [1.82, 2.24) is 24.8 Å². The smallest absolute Gasteiger partial charge is 0.226 e. The van der Waals surface area contributed by atoms with Crippen LogP contribution in [0.5, 0.6) is 0 Å². The predicted molar refractivity (Wildman–Crippen MR) is 109 cm³/mol. The number of H-pyrrole nitrogens is 1. The van der Waals surface area contributed by atoms with Gasteiger partial charge in [0, 0.05) is 44.7 Å². The van der Waals surface area contributed by atoms with Gasteiger partial charge in [0.05, 0.1) is 17.0 Å². The molecule has 2 saturated heterocycles. The van der Waals surface area contributed by atoms with E-state index in [1.165, 1.54) is 0 Å². The van der Waals surface area contributed by atoms with Crippen molar-refractivity contribution < 1.29 is 4.79 Å². The van der Waals surface area contributed by atoms with Gasteiger partial charge in [-0.2, -0.15) is 5.26 Å². The molecule has 1 saturated carbocycles. The van der Waals surface area contributed by atoms with Crippen LogP contribution in [-0.4, -0.2) is 75.5 Å². The van der Waals surface area contributed by atoms with Crippen molar-refractivity contribution in [3.05, 3.63) is 18.6 Å². The Hall–Kier alpha value is -2.66. The molecule has 3 aliphatic rings. The van der Waals surface area contributed by atoms with Crippen LogP contribution in [0.25, 0.3) is 11.0 Å². The number of piperidine rings is 1. The van der Waals surface area contributed by atoms with Crippen molar-refractivity contribution in [3.63, 3.8) is 0 Å². The SMILES string of the molecule is N#CCCN1CCC(C(=O)N2CCN(c3ncnc4[nH]ccc34)CC23CC3)CC1. The summed E-state index contributed by atoms with van der Waals surface area (Å²) in [6.07, 6.45) is 8.08. The Morgan fingerprint density at radius 1 is 1.24 bits per heavy atom. The third-order valence-electron chi connectivity index (χ3n) is 6.85. The van der Waals surface area contributed by atoms with Crippen LogP contribution in [0.15, 0.2) is 18.6 Å². The van der Waals surface area contributed by atoms with E-state index >= 15 is 0 Å². The van der Waals surface area contributed by atoms with E-state index in [9.17, 15) is 4.79 Å². The van der Waals surface area contributed by atoms with Gasteiger partial charge < -0.3 is 19.7 Å². The molecule has 2 aromatic heterocycles. The number of rotatable bonds is 4. The lowest BCUT2D eigenvalue weighted by Crippen LogP contribution is -2.59. The van der Waals surface area contributed by atoms with Gasteiger partial charge in [0.25, 0.3) is 0 Å². The molecule has 1 N–H and O–H groups in total. The maximum Gasteiger partial charge on any atom is 0.226 e. The molecule has 8 nitrogen and oxygen atoms in total. The van der Waals surface area contributed by atoms with Crippen LogP contribution in [0, 0.1) is 17.2 Å². The number of aromatic amines is 1. The van der Waals surface area contributed by atoms with Crippen LogP contribution in [0.3, 0.4) is 0 Å². The molecule has 0 aromatic carbocycles. The number of piperazine rings is 1. The van der Waals surface area contributed by atoms with Gasteiger partial charge in [-0.25, -0.2) is 9.97 Å². The minimum Gasteiger partial charge on any atom is -0.352 e. The number of likely N-dealkylation sites (tertiary alicyclic amines) is 1. The van der Waals surface area contributed by atoms with E-state index < -0.39 is 0 Å². The number of aromatic nitrogens is 3. The second kappa shape index (κ2) is 7.30. The van der Waals surface area contributed by atoms with Gasteiger partial charge in [-0.15, -0.1) is 0 Å². The molecule has 29 heavy (non-hydrogen) atoms. The Labute approximate surface area is 170 Å². The summed E-state index contributed by atoms with van der Waals surface area (Å²) >= 11 is 0. The second-order valence-corrected chi connectivity index (χ2v) is 8.60. The van der Waals surface area contributed by atoms with Crippen LogP contribution in [0.2, 0.25) is 0 Å². The molecule has 0 radical (unpaired) electrons. The molecular weight excluding hydrogens is 366 g/mol. The first-order chi connectivity index (χ1) is 14.2. The highest BCUT2D eigenvalue weighted by molar-refractivity contribution is 5.87. The fourth-order valence-electron chi connectivity index (χ4n) is 5.02. The number of nitrogens with zero attached hydrogens (tertiary/aromatic N) is 6. The molecule has 0 bridgehead atoms. The zero-order valence-electron chi connectivity index (χ0n) is 16.7. The summed E-state index contributed by atoms with van der Waals surface area (Å²) in [5, 5.41) is 9.82. The summed E-state index contributed by atoms with van der Waals surface area (Å²) in [5.74, 6) is 1.45. The highest BCUT2D eigenvalue weighted by Gasteiger charge is 2.54. The van der Waals surface area contributed by atoms with Gasteiger partial charge in [0.15, 0.2) is 0 Å². The molecule has 152 valence electrons. The van der Waals surface area contributed by atoms with Crippen molar-refractivity contribution in [2.45, 2.75) is 37.6 Å². The number of hydrogen-bond donors (Lipinski definition) is 1. The first-order valence-corrected chi connectivity index (χ1v) is 10.6. The van der Waals surface area contributed by atoms with E-state index in [2.05, 4.69) is 35.7 Å². The highest BCUT2D eigenvalue weighted by Crippen LogP contribution is 2.46. The van der Waals surface area contributed by atoms with Crippen molar-refractivity contribution in [3.8, 4) is 6.07 Å². The standard InChI is InChI=1S/C21H27N7O/c22-7-1-9-26-10-3-16(4-11-26)20(29)28-13-12-27(14-21(28)5-6-21)19-17-2-8-23-18(17)24-15-25-19/h2,8,15-16H,1,3-6,9-14H2,(H,23,24,25). The lowest BCUT2D eigenvalue weighted by Gasteiger charge is -2.45. The van der Waals surface area contributed by atoms with Gasteiger partial charge in [-0.1, -0.05) is 0 Å². The molecule has 3 fully saturated rings. The zero-order valence-corrected chi connectivity index (χ0v) is 16.7. The fraction of sp³-hybridized carbons (Fsp3) is 0.619. The van der Waals surface area contributed by atoms with Crippen LogP contribution >= 0.6 is 0 Å². The molecule has 2 aliphatic heterocycles. The van der Waals surface area contributed by atoms with Gasteiger partial charge >= 0.3 is 0 Å². The van der Waals surface area contributed by atoms with Gasteiger partial charge in [-0.3, -0.25) is 4.79 Å². The molecular formula is C21H27N7O. The van der Waals surface area contributed by atoms with Crippen LogP contribution in [0.4, 0.5) is 5.82 Å². The molecule has 1 aliphatic carbocycles. The number of carbonyl (C=O) groups is 1. The molecule has 5 rings (SSSR count). The van der Waals surface area contributed by atoms with E-state index in [-0.39, 0.29) is 11.5 Å². The summed E-state index contributed by atoms with van der Waals surface area (Å²) < 4.78 is 0. The molecule has 4 heterocycles. The number of amides is 1. The first kappa shape index (κ1) is 18.4. The van der Waals surface area contributed by atoms with Crippen molar-refractivity contribution in [2.24, 2.45) is 5.92 Å². The highest BCUT2D eigenvalue weighted by atomic mass is 16.2. The van der Waals surface area contributed by atoms with Gasteiger partial charge in [-0.05, 0) is 44.8 Å². The van der Waals surface area contributed by atoms with Crippen LogP contribution in [-0.2, 0) is 4.79 Å². The molecule has 8 heteroatoms. The Balaban J connectivity index is 1.26. The Morgan fingerprint density at radius 2 is 2.07 bits per heavy atom. The predicted octanol–water partition coefficient (Wildman–Crippen LogP) is 1.76. The normalized spacial score (nSPS) is 22.2. The Bertz CT molecular complexity index is 936. The second-order valence-electron chi connectivity index (χ2n) is 8.60. The number of nitrogens with one attached hydrogen (secondary N) is 1. The monoisotopic (exact) mass is 393 g/mol. The third kappa shape index (κ3) is 3.33. The lowest BCUT2D eigenvalue weighted by atomic mass is 9.93. The average molecular weight is 393 g/mol. The number of anilines is 1. The van der Waals surface area contributed by atoms with Crippen LogP contribution < -0.4 is 4.90 Å². The largest absolute Gasteiger partial charge is 0.352 e. The van der Waals surface area contributed by atoms with Gasteiger partial charge in [0.2, 0.25) is 5.91 Å². The van der Waals surface area contributed by atoms with Crippen LogP contribution in [0.1, 0.15) is 32.1 Å². The molecule has 0 atom stereocenters. The minimum atomic E-state index is -0.0130. The zero-order chi connectivity index (χ0) is 19.8. The van der Waals surface area contributed by atoms with E-state index in [0.717, 1.165) is 81.8 Å². The van der Waals surface area contributed by atoms with Crippen molar-refractivity contribution >= 4 is 22.8 Å². The molecule has 1 amide bonds. The maximum absolute atomic E-state index is 13.3. The number of carbonyl (C=O) groups excluding carboxylic acids is 1. The molecule has 1 spiro atoms. The van der Waals surface area contributed by atoms with Gasteiger partial charge in [0.1, 0.15) is 17.8 Å². The number of hydrogen-bond acceptors (Lipinski definition) is 6. The summed E-state index contributed by atoms with van der Waals surface area (Å²) in [6.45, 7) is 5.12. The summed E-state index contributed by atoms with van der Waals surface area (Å²) in [6, 6.07) is 4.24. The van der Waals surface area contributed by atoms with Crippen molar-refractivity contribution in [1.29, 1.82) is 5.26 Å². The summed E-state index contributed by atoms with van der Waals surface area (Å²) in [5.41, 5.74) is 0.849. The molecule has 2 aromatic rings. The third-order valence-corrected chi connectivity index (χ3v) is 6.85. The maximum atomic E-state index is 13.3. The van der Waals surface area contributed by atoms with E-state index in [4.69, 9.17) is 5.26 Å². The molecule has 0 unspecified atom stereocenters. The first-order valence-electron chi connectivity index (χ1n) is 10.6. The fourth-order valence-corrected chi connectivity index (χ4v) is 5.02. The minimum absolute atomic E-state index is 0.0130. The van der Waals surface area contributed by atoms with Crippen molar-refractivity contribution in [2.75, 3.05) is 44.2 Å². The average Bonchev–Trinajstić information content (AvgIpc) is 3.33. The Morgan fingerprint density at radius 3 is 2.83 bits per heavy atom. The van der Waals surface area contributed by atoms with E-state index in [1.807, 2.05) is 12.3 Å². The topological polar surface area (TPSA) is 92.2 Å². The lowest BCUT2D eigenvalue weighted by molar-refractivity contribution is -0.140. The number of nitriles is 1.